The van der Waals surface area contributed by atoms with Gasteiger partial charge in [-0.1, -0.05) is 118 Å². The average molecular weight is 394 g/mol. The Morgan fingerprint density at radius 1 is 0.483 bits per heavy atom. The molecular weight excluding hydrogens is 350 g/mol. The summed E-state index contributed by atoms with van der Waals surface area (Å²) in [4.78, 5) is 0. The van der Waals surface area contributed by atoms with Crippen LogP contribution in [0.4, 0.5) is 0 Å². The molecule has 0 aliphatic heterocycles. The van der Waals surface area contributed by atoms with E-state index in [9.17, 15) is 0 Å². The Hall–Kier alpha value is -1.60. The normalized spacial score (nSPS) is 11.2. The molecule has 0 saturated carbocycles. The third-order valence-electron chi connectivity index (χ3n) is 6.18. The van der Waals surface area contributed by atoms with E-state index in [-0.39, 0.29) is 0 Å². The molecule has 0 aliphatic rings. The van der Waals surface area contributed by atoms with Crippen molar-refractivity contribution in [2.45, 2.75) is 89.9 Å². The Morgan fingerprint density at radius 3 is 1.34 bits per heavy atom. The molecule has 1 nitrogen and oxygen atoms in total. The van der Waals surface area contributed by atoms with Gasteiger partial charge in [-0.15, -0.1) is 0 Å². The number of aryl methyl sites for hydroxylation is 2. The van der Waals surface area contributed by atoms with Gasteiger partial charge >= 0.3 is 0 Å². The number of unbranched alkanes of at least 4 members (excludes halogenated alkanes) is 8. The number of nitrogens with two attached hydrogens (primary N) is 1. The molecule has 2 rings (SSSR count). The molecule has 2 aromatic rings. The van der Waals surface area contributed by atoms with Gasteiger partial charge in [0, 0.05) is 0 Å². The summed E-state index contributed by atoms with van der Waals surface area (Å²) in [6.45, 7) is 0.857. The van der Waals surface area contributed by atoms with Gasteiger partial charge in [0.05, 0.1) is 0 Å². The lowest BCUT2D eigenvalue weighted by Gasteiger charge is -2.17. The van der Waals surface area contributed by atoms with Crippen LogP contribution in [-0.4, -0.2) is 6.54 Å². The molecule has 0 saturated heterocycles. The van der Waals surface area contributed by atoms with Crippen LogP contribution in [0, 0.1) is 5.92 Å². The van der Waals surface area contributed by atoms with E-state index < -0.39 is 0 Å². The Labute approximate surface area is 180 Å². The van der Waals surface area contributed by atoms with Gasteiger partial charge in [0.25, 0.3) is 0 Å². The zero-order chi connectivity index (χ0) is 20.4. The van der Waals surface area contributed by atoms with Gasteiger partial charge < -0.3 is 5.73 Å². The zero-order valence-electron chi connectivity index (χ0n) is 18.5. The van der Waals surface area contributed by atoms with Crippen LogP contribution in [0.25, 0.3) is 0 Å². The van der Waals surface area contributed by atoms with Crippen molar-refractivity contribution < 1.29 is 0 Å². The number of rotatable bonds is 17. The summed E-state index contributed by atoms with van der Waals surface area (Å²) in [7, 11) is 0. The molecule has 0 heterocycles. The largest absolute Gasteiger partial charge is 0.330 e. The van der Waals surface area contributed by atoms with Crippen LogP contribution in [0.2, 0.25) is 0 Å². The molecule has 0 amide bonds. The van der Waals surface area contributed by atoms with Gasteiger partial charge in [0.1, 0.15) is 0 Å². The molecule has 0 radical (unpaired) electrons. The SMILES string of the molecule is NCCCCCCCCCCCC(CCc1ccccc1)CCc1ccccc1. The van der Waals surface area contributed by atoms with E-state index in [1.54, 1.807) is 0 Å². The summed E-state index contributed by atoms with van der Waals surface area (Å²) in [5.74, 6) is 0.853. The second-order valence-corrected chi connectivity index (χ2v) is 8.67. The highest BCUT2D eigenvalue weighted by atomic mass is 14.5. The maximum Gasteiger partial charge on any atom is -0.00773 e. The smallest absolute Gasteiger partial charge is 0.00773 e. The minimum Gasteiger partial charge on any atom is -0.330 e. The lowest BCUT2D eigenvalue weighted by molar-refractivity contribution is 0.397. The van der Waals surface area contributed by atoms with Crippen molar-refractivity contribution in [1.29, 1.82) is 0 Å². The molecule has 0 spiro atoms. The fourth-order valence-electron chi connectivity index (χ4n) is 4.28. The molecule has 1 heteroatoms. The quantitative estimate of drug-likeness (QED) is 0.273. The molecule has 29 heavy (non-hydrogen) atoms. The van der Waals surface area contributed by atoms with Crippen molar-refractivity contribution in [2.24, 2.45) is 11.7 Å². The third kappa shape index (κ3) is 11.9. The van der Waals surface area contributed by atoms with Crippen molar-refractivity contribution in [3.8, 4) is 0 Å². The van der Waals surface area contributed by atoms with Crippen molar-refractivity contribution in [3.05, 3.63) is 71.8 Å². The van der Waals surface area contributed by atoms with Gasteiger partial charge in [-0.25, -0.2) is 0 Å². The molecule has 160 valence electrons. The fourth-order valence-corrected chi connectivity index (χ4v) is 4.28. The van der Waals surface area contributed by atoms with Crippen LogP contribution in [0.5, 0.6) is 0 Å². The van der Waals surface area contributed by atoms with Crippen molar-refractivity contribution in [1.82, 2.24) is 0 Å². The summed E-state index contributed by atoms with van der Waals surface area (Å²) in [5, 5.41) is 0. The first-order chi connectivity index (χ1) is 14.4. The summed E-state index contributed by atoms with van der Waals surface area (Å²) >= 11 is 0. The van der Waals surface area contributed by atoms with E-state index in [2.05, 4.69) is 60.7 Å². The predicted octanol–water partition coefficient (Wildman–Crippen LogP) is 7.73. The zero-order valence-corrected chi connectivity index (χ0v) is 18.5. The second kappa shape index (κ2) is 16.2. The van der Waals surface area contributed by atoms with E-state index in [0.717, 1.165) is 12.5 Å². The molecule has 0 atom stereocenters. The van der Waals surface area contributed by atoms with Crippen LogP contribution < -0.4 is 5.73 Å². The molecule has 0 aromatic heterocycles. The van der Waals surface area contributed by atoms with Gasteiger partial charge in [-0.05, 0) is 55.7 Å². The molecule has 0 fully saturated rings. The molecule has 0 bridgehead atoms. The standard InChI is InChI=1S/C28H43N/c29-25-15-7-5-3-1-2-4-6-10-20-28(23-21-26-16-11-8-12-17-26)24-22-27-18-13-9-14-19-27/h8-9,11-14,16-19,28H,1-7,10,15,20-25,29H2. The second-order valence-electron chi connectivity index (χ2n) is 8.67. The van der Waals surface area contributed by atoms with Crippen LogP contribution in [0.1, 0.15) is 88.2 Å². The van der Waals surface area contributed by atoms with Crippen LogP contribution in [-0.2, 0) is 12.8 Å². The molecular formula is C28H43N. The summed E-state index contributed by atoms with van der Waals surface area (Å²) in [6, 6.07) is 22.0. The van der Waals surface area contributed by atoms with Crippen LogP contribution in [0.3, 0.4) is 0 Å². The number of hydrogen-bond acceptors (Lipinski definition) is 1. The summed E-state index contributed by atoms with van der Waals surface area (Å²) < 4.78 is 0. The Kier molecular flexibility index (Phi) is 13.2. The minimum absolute atomic E-state index is 0.853. The van der Waals surface area contributed by atoms with Gasteiger partial charge in [0.15, 0.2) is 0 Å². The molecule has 2 aromatic carbocycles. The summed E-state index contributed by atoms with van der Waals surface area (Å²) in [5.41, 5.74) is 8.54. The highest BCUT2D eigenvalue weighted by molar-refractivity contribution is 5.15. The lowest BCUT2D eigenvalue weighted by atomic mass is 9.88. The number of hydrogen-bond donors (Lipinski definition) is 1. The van der Waals surface area contributed by atoms with Gasteiger partial charge in [0.2, 0.25) is 0 Å². The average Bonchev–Trinajstić information content (AvgIpc) is 2.77. The first kappa shape index (κ1) is 23.7. The fraction of sp³-hybridized carbons (Fsp3) is 0.571. The Balaban J connectivity index is 1.63. The highest BCUT2D eigenvalue weighted by Crippen LogP contribution is 2.23. The maximum absolute atomic E-state index is 5.56. The lowest BCUT2D eigenvalue weighted by Crippen LogP contribution is -2.05. The van der Waals surface area contributed by atoms with Crippen molar-refractivity contribution >= 4 is 0 Å². The van der Waals surface area contributed by atoms with Crippen molar-refractivity contribution in [2.75, 3.05) is 6.54 Å². The van der Waals surface area contributed by atoms with Crippen LogP contribution in [0.15, 0.2) is 60.7 Å². The first-order valence-electron chi connectivity index (χ1n) is 12.2. The van der Waals surface area contributed by atoms with E-state index >= 15 is 0 Å². The Morgan fingerprint density at radius 2 is 0.897 bits per heavy atom. The highest BCUT2D eigenvalue weighted by Gasteiger charge is 2.10. The third-order valence-corrected chi connectivity index (χ3v) is 6.18. The van der Waals surface area contributed by atoms with Crippen LogP contribution >= 0.6 is 0 Å². The predicted molar refractivity (Wildman–Crippen MR) is 128 cm³/mol. The minimum atomic E-state index is 0.853. The first-order valence-corrected chi connectivity index (χ1v) is 12.2. The van der Waals surface area contributed by atoms with E-state index in [0.29, 0.717) is 0 Å². The topological polar surface area (TPSA) is 26.0 Å². The molecule has 0 unspecified atom stereocenters. The monoisotopic (exact) mass is 393 g/mol. The van der Waals surface area contributed by atoms with E-state index in [1.165, 1.54) is 101 Å². The molecule has 2 N–H and O–H groups in total. The van der Waals surface area contributed by atoms with Crippen molar-refractivity contribution in [3.63, 3.8) is 0 Å². The Bertz CT molecular complexity index is 549. The van der Waals surface area contributed by atoms with E-state index in [4.69, 9.17) is 5.73 Å². The maximum atomic E-state index is 5.56. The number of benzene rings is 2. The summed E-state index contributed by atoms with van der Waals surface area (Å²) in [6.07, 6.45) is 18.9. The van der Waals surface area contributed by atoms with Gasteiger partial charge in [-0.3, -0.25) is 0 Å². The van der Waals surface area contributed by atoms with Gasteiger partial charge in [-0.2, -0.15) is 0 Å². The molecule has 0 aliphatic carbocycles. The van der Waals surface area contributed by atoms with E-state index in [1.807, 2.05) is 0 Å².